The number of aromatic nitrogens is 3. The third-order valence-electron chi connectivity index (χ3n) is 4.79. The van der Waals surface area contributed by atoms with Crippen LogP contribution in [0.2, 0.25) is 0 Å². The van der Waals surface area contributed by atoms with Crippen molar-refractivity contribution >= 4 is 11.9 Å². The molecular formula is C19H24N4O4. The van der Waals surface area contributed by atoms with Crippen molar-refractivity contribution in [2.24, 2.45) is 5.41 Å². The molecule has 1 aliphatic rings. The number of carbonyl (C=O) groups is 2. The number of carboxylic acids is 1. The number of ether oxygens (including phenoxy) is 1. The zero-order chi connectivity index (χ0) is 19.6. The Labute approximate surface area is 157 Å². The number of hydrogen-bond acceptors (Lipinski definition) is 5. The first kappa shape index (κ1) is 19.0. The van der Waals surface area contributed by atoms with Gasteiger partial charge in [-0.3, -0.25) is 14.5 Å². The highest BCUT2D eigenvalue weighted by Crippen LogP contribution is 2.28. The number of fused-ring (bicyclic) bond motifs is 1. The van der Waals surface area contributed by atoms with Crippen molar-refractivity contribution in [3.8, 4) is 0 Å². The molecule has 1 N–H and O–H groups in total. The molecule has 0 atom stereocenters. The fourth-order valence-electron chi connectivity index (χ4n) is 3.48. The summed E-state index contributed by atoms with van der Waals surface area (Å²) in [5.41, 5.74) is 1.83. The summed E-state index contributed by atoms with van der Waals surface area (Å²) in [5, 5.41) is 13.9. The van der Waals surface area contributed by atoms with Gasteiger partial charge in [0.15, 0.2) is 5.69 Å². The Balaban J connectivity index is 1.89. The Morgan fingerprint density at radius 1 is 1.30 bits per heavy atom. The molecule has 2 aromatic heterocycles. The molecule has 3 heterocycles. The molecule has 3 rings (SSSR count). The molecule has 0 fully saturated rings. The number of methoxy groups -OCH3 is 1. The summed E-state index contributed by atoms with van der Waals surface area (Å²) in [6.45, 7) is 5.22. The van der Waals surface area contributed by atoms with Gasteiger partial charge in [-0.25, -0.2) is 4.79 Å². The predicted octanol–water partition coefficient (Wildman–Crippen LogP) is 1.58. The summed E-state index contributed by atoms with van der Waals surface area (Å²) < 4.78 is 6.89. The summed E-state index contributed by atoms with van der Waals surface area (Å²) in [7, 11) is 1.56. The van der Waals surface area contributed by atoms with E-state index < -0.39 is 11.4 Å². The molecule has 0 radical (unpaired) electrons. The second-order valence-corrected chi connectivity index (χ2v) is 7.39. The minimum absolute atomic E-state index is 0.0149. The molecular weight excluding hydrogens is 348 g/mol. The first-order valence-electron chi connectivity index (χ1n) is 8.82. The molecule has 8 nitrogen and oxygen atoms in total. The van der Waals surface area contributed by atoms with Crippen LogP contribution in [0.4, 0.5) is 0 Å². The van der Waals surface area contributed by atoms with Gasteiger partial charge in [0.25, 0.3) is 0 Å². The van der Waals surface area contributed by atoms with E-state index in [-0.39, 0.29) is 18.1 Å². The Kier molecular flexibility index (Phi) is 5.27. The molecule has 144 valence electrons. The molecule has 0 saturated heterocycles. The second-order valence-electron chi connectivity index (χ2n) is 7.39. The van der Waals surface area contributed by atoms with Crippen molar-refractivity contribution in [3.05, 3.63) is 47.0 Å². The van der Waals surface area contributed by atoms with Crippen LogP contribution >= 0.6 is 0 Å². The highest BCUT2D eigenvalue weighted by molar-refractivity contribution is 5.88. The fraction of sp³-hybridized carbons (Fsp3) is 0.474. The maximum Gasteiger partial charge on any atom is 0.356 e. The van der Waals surface area contributed by atoms with E-state index in [4.69, 9.17) is 4.74 Å². The van der Waals surface area contributed by atoms with Crippen molar-refractivity contribution in [1.29, 1.82) is 0 Å². The minimum atomic E-state index is -1.08. The highest BCUT2D eigenvalue weighted by atomic mass is 16.5. The lowest BCUT2D eigenvalue weighted by atomic mass is 9.91. The number of amides is 1. The van der Waals surface area contributed by atoms with E-state index in [2.05, 4.69) is 10.1 Å². The molecule has 2 aromatic rings. The zero-order valence-corrected chi connectivity index (χ0v) is 15.8. The van der Waals surface area contributed by atoms with Crippen molar-refractivity contribution in [2.45, 2.75) is 33.4 Å². The SMILES string of the molecule is COCC(C)(C)C(=O)N1CCc2c(c(C(=O)O)nn2Cc2ccncc2)C1. The maximum absolute atomic E-state index is 12.9. The van der Waals surface area contributed by atoms with Crippen molar-refractivity contribution < 1.29 is 19.4 Å². The van der Waals surface area contributed by atoms with E-state index in [0.717, 1.165) is 11.3 Å². The topological polar surface area (TPSA) is 97.5 Å². The van der Waals surface area contributed by atoms with Crippen LogP contribution in [0.1, 0.15) is 41.2 Å². The molecule has 0 saturated carbocycles. The Hall–Kier alpha value is -2.74. The van der Waals surface area contributed by atoms with E-state index in [9.17, 15) is 14.7 Å². The first-order chi connectivity index (χ1) is 12.8. The number of aromatic carboxylic acids is 1. The smallest absolute Gasteiger partial charge is 0.356 e. The van der Waals surface area contributed by atoms with Crippen LogP contribution in [0.3, 0.4) is 0 Å². The van der Waals surface area contributed by atoms with Gasteiger partial charge in [0.1, 0.15) is 0 Å². The molecule has 27 heavy (non-hydrogen) atoms. The van der Waals surface area contributed by atoms with Crippen LogP contribution in [0.15, 0.2) is 24.5 Å². The maximum atomic E-state index is 12.9. The molecule has 1 amide bonds. The molecule has 8 heteroatoms. The van der Waals surface area contributed by atoms with E-state index in [1.165, 1.54) is 0 Å². The Morgan fingerprint density at radius 2 is 2.00 bits per heavy atom. The number of carboxylic acid groups (broad SMARTS) is 1. The lowest BCUT2D eigenvalue weighted by Crippen LogP contribution is -2.45. The number of nitrogens with zero attached hydrogens (tertiary/aromatic N) is 4. The summed E-state index contributed by atoms with van der Waals surface area (Å²) in [4.78, 5) is 30.3. The van der Waals surface area contributed by atoms with Crippen molar-refractivity contribution in [2.75, 3.05) is 20.3 Å². The van der Waals surface area contributed by atoms with Crippen LogP contribution < -0.4 is 0 Å². The Morgan fingerprint density at radius 3 is 2.63 bits per heavy atom. The quantitative estimate of drug-likeness (QED) is 0.827. The van der Waals surface area contributed by atoms with Gasteiger partial charge in [0.2, 0.25) is 5.91 Å². The van der Waals surface area contributed by atoms with E-state index in [0.29, 0.717) is 31.7 Å². The zero-order valence-electron chi connectivity index (χ0n) is 15.8. The minimum Gasteiger partial charge on any atom is -0.476 e. The van der Waals surface area contributed by atoms with Crippen LogP contribution in [0, 0.1) is 5.41 Å². The average molecular weight is 372 g/mol. The van der Waals surface area contributed by atoms with Crippen LogP contribution in [0.5, 0.6) is 0 Å². The fourth-order valence-corrected chi connectivity index (χ4v) is 3.48. The van der Waals surface area contributed by atoms with Crippen LogP contribution in [-0.2, 0) is 29.0 Å². The van der Waals surface area contributed by atoms with Gasteiger partial charge < -0.3 is 14.7 Å². The van der Waals surface area contributed by atoms with E-state index >= 15 is 0 Å². The predicted molar refractivity (Wildman–Crippen MR) is 97.3 cm³/mol. The molecule has 0 aromatic carbocycles. The summed E-state index contributed by atoms with van der Waals surface area (Å²) in [6, 6.07) is 3.75. The number of rotatable bonds is 6. The Bertz CT molecular complexity index is 845. The molecule has 0 spiro atoms. The largest absolute Gasteiger partial charge is 0.476 e. The lowest BCUT2D eigenvalue weighted by molar-refractivity contribution is -0.144. The summed E-state index contributed by atoms with van der Waals surface area (Å²) >= 11 is 0. The summed E-state index contributed by atoms with van der Waals surface area (Å²) in [6.07, 6.45) is 3.96. The monoisotopic (exact) mass is 372 g/mol. The van der Waals surface area contributed by atoms with Gasteiger partial charge in [-0.05, 0) is 31.5 Å². The van der Waals surface area contributed by atoms with Gasteiger partial charge in [-0.1, -0.05) is 0 Å². The van der Waals surface area contributed by atoms with Gasteiger partial charge in [-0.15, -0.1) is 0 Å². The van der Waals surface area contributed by atoms with Crippen molar-refractivity contribution in [1.82, 2.24) is 19.7 Å². The number of carbonyl (C=O) groups excluding carboxylic acids is 1. The first-order valence-corrected chi connectivity index (χ1v) is 8.82. The molecule has 0 bridgehead atoms. The van der Waals surface area contributed by atoms with Gasteiger partial charge >= 0.3 is 5.97 Å². The van der Waals surface area contributed by atoms with Gasteiger partial charge in [0.05, 0.1) is 18.6 Å². The number of hydrogen-bond donors (Lipinski definition) is 1. The van der Waals surface area contributed by atoms with Crippen LogP contribution in [-0.4, -0.2) is 56.9 Å². The van der Waals surface area contributed by atoms with Gasteiger partial charge in [-0.2, -0.15) is 5.10 Å². The van der Waals surface area contributed by atoms with Crippen molar-refractivity contribution in [3.63, 3.8) is 0 Å². The van der Waals surface area contributed by atoms with E-state index in [1.54, 1.807) is 29.1 Å². The van der Waals surface area contributed by atoms with Gasteiger partial charge in [0, 0.05) is 50.3 Å². The summed E-state index contributed by atoms with van der Waals surface area (Å²) in [5.74, 6) is -1.13. The molecule has 0 unspecified atom stereocenters. The molecule has 0 aliphatic carbocycles. The standard InChI is InChI=1S/C19H24N4O4/c1-19(2,12-27-3)18(26)22-9-6-15-14(11-22)16(17(24)25)21-23(15)10-13-4-7-20-8-5-13/h4-5,7-8H,6,9-12H2,1-3H3,(H,24,25). The normalized spacial score (nSPS) is 14.1. The second kappa shape index (κ2) is 7.48. The van der Waals surface area contributed by atoms with E-state index in [1.807, 2.05) is 26.0 Å². The lowest BCUT2D eigenvalue weighted by Gasteiger charge is -2.34. The highest BCUT2D eigenvalue weighted by Gasteiger charge is 2.36. The molecule has 1 aliphatic heterocycles. The number of pyridine rings is 1. The third-order valence-corrected chi connectivity index (χ3v) is 4.79. The van der Waals surface area contributed by atoms with Crippen LogP contribution in [0.25, 0.3) is 0 Å². The third kappa shape index (κ3) is 3.85. The average Bonchev–Trinajstić information content (AvgIpc) is 3.00.